The molecule has 2 spiro atoms. The largest absolute Gasteiger partial charge is 0.482 e. The Morgan fingerprint density at radius 1 is 0.750 bits per heavy atom. The number of rotatable bonds is 16. The minimum Gasteiger partial charge on any atom is -0.482 e. The van der Waals surface area contributed by atoms with Crippen LogP contribution in [0.1, 0.15) is 60.8 Å². The SMILES string of the molecule is C=CCN1CC[C@]23c4c5ccc(OCOCCOC)c4OC2C(=O)CC[C@@]3(O)C1C5.C=CCN1CC[C@]23c4c5ccc(OCOCCOC)c4OC2[C@@H](O)CC[C@@]3(O)C1C5. The van der Waals surface area contributed by atoms with Crippen molar-refractivity contribution < 1.29 is 58.0 Å². The molecule has 2 saturated heterocycles. The number of aliphatic hydroxyl groups excluding tert-OH is 1. The summed E-state index contributed by atoms with van der Waals surface area (Å²) in [6.45, 7) is 13.0. The molecule has 10 rings (SSSR count). The number of hydrogen-bond donors (Lipinski definition) is 3. The van der Waals surface area contributed by atoms with Crippen molar-refractivity contribution in [3.63, 3.8) is 0 Å². The van der Waals surface area contributed by atoms with Crippen LogP contribution in [-0.4, -0.2) is 153 Å². The molecular formula is C46H60N2O12. The van der Waals surface area contributed by atoms with Crippen molar-refractivity contribution in [2.24, 2.45) is 0 Å². The maximum absolute atomic E-state index is 13.0. The Balaban J connectivity index is 0.000000154. The fraction of sp³-hybridized carbons (Fsp3) is 0.630. The second-order valence-electron chi connectivity index (χ2n) is 17.6. The molecule has 4 aliphatic carbocycles. The first-order valence-electron chi connectivity index (χ1n) is 21.5. The maximum atomic E-state index is 13.0. The first-order chi connectivity index (χ1) is 29.1. The van der Waals surface area contributed by atoms with Crippen LogP contribution in [-0.2, 0) is 47.4 Å². The van der Waals surface area contributed by atoms with Crippen LogP contribution in [0.3, 0.4) is 0 Å². The summed E-state index contributed by atoms with van der Waals surface area (Å²) in [5, 5.41) is 35.1. The van der Waals surface area contributed by atoms with E-state index < -0.39 is 40.3 Å². The van der Waals surface area contributed by atoms with Gasteiger partial charge in [0.15, 0.2) is 48.5 Å². The predicted molar refractivity (Wildman–Crippen MR) is 219 cm³/mol. The zero-order chi connectivity index (χ0) is 41.9. The molecule has 0 amide bonds. The first kappa shape index (κ1) is 41.8. The number of Topliss-reactive ketones (excluding diaryl/α,β-unsaturated/α-hetero) is 1. The van der Waals surface area contributed by atoms with Gasteiger partial charge in [0, 0.05) is 63.5 Å². The molecule has 0 aromatic heterocycles. The summed E-state index contributed by atoms with van der Waals surface area (Å²) >= 11 is 0. The minimum absolute atomic E-state index is 0.00885. The Bertz CT molecular complexity index is 1980. The molecule has 4 aliphatic heterocycles. The van der Waals surface area contributed by atoms with Crippen LogP contribution in [0.2, 0.25) is 0 Å². The number of piperidine rings is 2. The number of ether oxygens (including phenoxy) is 8. The van der Waals surface area contributed by atoms with Gasteiger partial charge in [0.25, 0.3) is 0 Å². The smallest absolute Gasteiger partial charge is 0.189 e. The number of likely N-dealkylation sites (tertiary alicyclic amines) is 2. The average molecular weight is 833 g/mol. The van der Waals surface area contributed by atoms with Gasteiger partial charge >= 0.3 is 0 Å². The molecule has 8 aliphatic rings. The van der Waals surface area contributed by atoms with Crippen LogP contribution in [0, 0.1) is 0 Å². The zero-order valence-electron chi connectivity index (χ0n) is 34.9. The molecule has 2 aromatic rings. The second-order valence-corrected chi connectivity index (χ2v) is 17.6. The van der Waals surface area contributed by atoms with Crippen LogP contribution in [0.25, 0.3) is 0 Å². The number of ketones is 1. The lowest BCUT2D eigenvalue weighted by Gasteiger charge is -2.63. The molecule has 60 heavy (non-hydrogen) atoms. The quantitative estimate of drug-likeness (QED) is 0.129. The van der Waals surface area contributed by atoms with Crippen molar-refractivity contribution in [1.82, 2.24) is 9.80 Å². The third-order valence-corrected chi connectivity index (χ3v) is 15.1. The van der Waals surface area contributed by atoms with Crippen molar-refractivity contribution in [1.29, 1.82) is 0 Å². The maximum Gasteiger partial charge on any atom is 0.189 e. The second kappa shape index (κ2) is 16.3. The van der Waals surface area contributed by atoms with Gasteiger partial charge in [-0.15, -0.1) is 13.2 Å². The lowest BCUT2D eigenvalue weighted by Crippen LogP contribution is -2.77. The van der Waals surface area contributed by atoms with Crippen molar-refractivity contribution in [3.8, 4) is 23.0 Å². The molecular weight excluding hydrogens is 773 g/mol. The van der Waals surface area contributed by atoms with Crippen LogP contribution in [0.4, 0.5) is 0 Å². The summed E-state index contributed by atoms with van der Waals surface area (Å²) in [4.78, 5) is 17.6. The van der Waals surface area contributed by atoms with Gasteiger partial charge in [0.1, 0.15) is 6.10 Å². The molecule has 3 N–H and O–H groups in total. The van der Waals surface area contributed by atoms with E-state index in [1.807, 2.05) is 24.3 Å². The molecule has 4 heterocycles. The minimum atomic E-state index is -1.00. The van der Waals surface area contributed by atoms with Gasteiger partial charge < -0.3 is 53.2 Å². The summed E-state index contributed by atoms with van der Waals surface area (Å²) in [7, 11) is 3.25. The molecule has 0 radical (unpaired) electrons. The lowest BCUT2D eigenvalue weighted by atomic mass is 9.48. The molecule has 4 bridgehead atoms. The van der Waals surface area contributed by atoms with E-state index in [0.29, 0.717) is 81.5 Å². The third kappa shape index (κ3) is 6.04. The number of hydrogen-bond acceptors (Lipinski definition) is 14. The van der Waals surface area contributed by atoms with Crippen molar-refractivity contribution in [3.05, 3.63) is 71.8 Å². The summed E-state index contributed by atoms with van der Waals surface area (Å²) in [5.74, 6) is 2.52. The molecule has 4 unspecified atom stereocenters. The van der Waals surface area contributed by atoms with E-state index >= 15 is 0 Å². The van der Waals surface area contributed by atoms with Gasteiger partial charge in [-0.05, 0) is 74.8 Å². The highest BCUT2D eigenvalue weighted by Gasteiger charge is 2.74. The highest BCUT2D eigenvalue weighted by atomic mass is 16.7. The van der Waals surface area contributed by atoms with Gasteiger partial charge in [0.05, 0.1) is 54.6 Å². The summed E-state index contributed by atoms with van der Waals surface area (Å²) in [5.41, 5.74) is 1.08. The molecule has 4 fully saturated rings. The van der Waals surface area contributed by atoms with Gasteiger partial charge in [0.2, 0.25) is 0 Å². The van der Waals surface area contributed by atoms with E-state index in [2.05, 4.69) is 35.1 Å². The standard InChI is InChI=1S/C23H31NO6.C23H29NO6/c2*1-3-9-24-10-8-22-19-15-4-5-17(29-14-28-12-11-27-2)20(19)30-21(22)16(25)6-7-23(22,26)18(24)13-15/h3-5,16,18,21,25-26H,1,6-14H2,2H3;3-5,18,21,26H,1,6-14H2,2H3/t16-,18?,21?,22-,23+;18?,21?,22-,23+/m00/s1. The van der Waals surface area contributed by atoms with Crippen molar-refractivity contribution in [2.75, 3.05) is 80.4 Å². The molecule has 2 saturated carbocycles. The number of carbonyl (C=O) groups is 1. The van der Waals surface area contributed by atoms with Gasteiger partial charge in [-0.3, -0.25) is 14.6 Å². The van der Waals surface area contributed by atoms with Crippen LogP contribution >= 0.6 is 0 Å². The monoisotopic (exact) mass is 832 g/mol. The number of aliphatic hydroxyl groups is 3. The number of nitrogens with zero attached hydrogens (tertiary/aromatic N) is 2. The van der Waals surface area contributed by atoms with Crippen molar-refractivity contribution in [2.45, 2.75) is 104 Å². The van der Waals surface area contributed by atoms with E-state index in [0.717, 1.165) is 62.1 Å². The van der Waals surface area contributed by atoms with E-state index in [1.54, 1.807) is 14.2 Å². The summed E-state index contributed by atoms with van der Waals surface area (Å²) in [6.07, 6.45) is 6.86. The topological polar surface area (TPSA) is 158 Å². The molecule has 14 nitrogen and oxygen atoms in total. The van der Waals surface area contributed by atoms with E-state index in [1.165, 1.54) is 5.56 Å². The van der Waals surface area contributed by atoms with E-state index in [-0.39, 0.29) is 31.5 Å². The Morgan fingerprint density at radius 3 is 1.85 bits per heavy atom. The zero-order valence-corrected chi connectivity index (χ0v) is 34.9. The molecule has 14 heteroatoms. The predicted octanol–water partition coefficient (Wildman–Crippen LogP) is 2.98. The molecule has 9 atom stereocenters. The fourth-order valence-corrected chi connectivity index (χ4v) is 12.6. The van der Waals surface area contributed by atoms with Gasteiger partial charge in [-0.25, -0.2) is 0 Å². The summed E-state index contributed by atoms with van der Waals surface area (Å²) in [6, 6.07) is 7.90. The Morgan fingerprint density at radius 2 is 1.28 bits per heavy atom. The van der Waals surface area contributed by atoms with Crippen LogP contribution < -0.4 is 18.9 Å². The van der Waals surface area contributed by atoms with Crippen LogP contribution in [0.15, 0.2) is 49.6 Å². The van der Waals surface area contributed by atoms with Gasteiger partial charge in [-0.1, -0.05) is 24.3 Å². The third-order valence-electron chi connectivity index (χ3n) is 15.1. The number of benzene rings is 2. The van der Waals surface area contributed by atoms with Crippen LogP contribution in [0.5, 0.6) is 23.0 Å². The normalized spacial score (nSPS) is 35.0. The average Bonchev–Trinajstić information content (AvgIpc) is 3.79. The number of methoxy groups -OCH3 is 2. The number of carbonyl (C=O) groups excluding carboxylic acids is 1. The Hall–Kier alpha value is -3.57. The first-order valence-corrected chi connectivity index (χ1v) is 21.5. The van der Waals surface area contributed by atoms with Crippen molar-refractivity contribution >= 4 is 5.78 Å². The molecule has 326 valence electrons. The lowest BCUT2D eigenvalue weighted by molar-refractivity contribution is -0.206. The molecule has 2 aromatic carbocycles. The Labute approximate surface area is 351 Å². The van der Waals surface area contributed by atoms with Gasteiger partial charge in [-0.2, -0.15) is 0 Å². The highest BCUT2D eigenvalue weighted by Crippen LogP contribution is 2.67. The Kier molecular flexibility index (Phi) is 11.3. The summed E-state index contributed by atoms with van der Waals surface area (Å²) < 4.78 is 45.3. The van der Waals surface area contributed by atoms with E-state index in [9.17, 15) is 20.1 Å². The highest BCUT2D eigenvalue weighted by molar-refractivity contribution is 5.90. The van der Waals surface area contributed by atoms with E-state index in [4.69, 9.17) is 37.9 Å². The fourth-order valence-electron chi connectivity index (χ4n) is 12.6.